The fourth-order valence-corrected chi connectivity index (χ4v) is 3.26. The average Bonchev–Trinajstić information content (AvgIpc) is 2.46. The summed E-state index contributed by atoms with van der Waals surface area (Å²) in [5.74, 6) is 1.19. The van der Waals surface area contributed by atoms with Crippen molar-refractivity contribution in [3.05, 3.63) is 18.1 Å². The summed E-state index contributed by atoms with van der Waals surface area (Å²) in [6.45, 7) is 6.16. The lowest BCUT2D eigenvalue weighted by Gasteiger charge is -2.43. The molecule has 20 heavy (non-hydrogen) atoms. The van der Waals surface area contributed by atoms with Gasteiger partial charge in [-0.05, 0) is 25.2 Å². The van der Waals surface area contributed by atoms with Crippen LogP contribution in [0.1, 0.15) is 38.8 Å². The van der Waals surface area contributed by atoms with Gasteiger partial charge >= 0.3 is 0 Å². The molecule has 1 fully saturated rings. The first-order chi connectivity index (χ1) is 9.60. The van der Waals surface area contributed by atoms with Crippen LogP contribution in [0.4, 0.5) is 5.82 Å². The van der Waals surface area contributed by atoms with E-state index in [9.17, 15) is 5.11 Å². The molecule has 1 atom stereocenters. The zero-order valence-corrected chi connectivity index (χ0v) is 12.2. The van der Waals surface area contributed by atoms with Crippen LogP contribution in [0.15, 0.2) is 12.4 Å². The molecule has 2 heterocycles. The van der Waals surface area contributed by atoms with Crippen molar-refractivity contribution in [2.45, 2.75) is 33.1 Å². The van der Waals surface area contributed by atoms with E-state index in [4.69, 9.17) is 5.26 Å². The zero-order valence-electron chi connectivity index (χ0n) is 12.2. The molecule has 0 amide bonds. The molecule has 0 bridgehead atoms. The van der Waals surface area contributed by atoms with Gasteiger partial charge in [0.05, 0.1) is 6.61 Å². The standard InChI is InChI=1S/C15H22N4O/c1-12(2)8-15(11-20)4-3-7-19(10-15)14-13(9-16)17-5-6-18-14/h5-6,12,20H,3-4,7-8,10-11H2,1-2H3/t15-/m1/s1. The first-order valence-electron chi connectivity index (χ1n) is 7.17. The van der Waals surface area contributed by atoms with Crippen LogP contribution in [-0.2, 0) is 0 Å². The summed E-state index contributed by atoms with van der Waals surface area (Å²) >= 11 is 0. The SMILES string of the molecule is CC(C)C[C@]1(CO)CCCN(c2nccnc2C#N)C1. The van der Waals surface area contributed by atoms with Crippen LogP contribution in [0.2, 0.25) is 0 Å². The highest BCUT2D eigenvalue weighted by Crippen LogP contribution is 2.37. The van der Waals surface area contributed by atoms with Crippen LogP contribution >= 0.6 is 0 Å². The Labute approximate surface area is 120 Å². The van der Waals surface area contributed by atoms with Crippen LogP contribution < -0.4 is 4.90 Å². The van der Waals surface area contributed by atoms with Crippen molar-refractivity contribution in [1.82, 2.24) is 9.97 Å². The number of piperidine rings is 1. The lowest BCUT2D eigenvalue weighted by atomic mass is 9.74. The number of aliphatic hydroxyl groups excluding tert-OH is 1. The molecule has 2 rings (SSSR count). The lowest BCUT2D eigenvalue weighted by Crippen LogP contribution is -2.46. The minimum absolute atomic E-state index is 0.0866. The van der Waals surface area contributed by atoms with Crippen molar-refractivity contribution in [3.63, 3.8) is 0 Å². The van der Waals surface area contributed by atoms with E-state index in [0.717, 1.165) is 32.4 Å². The van der Waals surface area contributed by atoms with Crippen LogP contribution in [0.3, 0.4) is 0 Å². The van der Waals surface area contributed by atoms with Crippen molar-refractivity contribution < 1.29 is 5.11 Å². The topological polar surface area (TPSA) is 73.0 Å². The second kappa shape index (κ2) is 6.19. The van der Waals surface area contributed by atoms with E-state index in [-0.39, 0.29) is 12.0 Å². The molecule has 5 nitrogen and oxygen atoms in total. The predicted molar refractivity (Wildman–Crippen MR) is 77.2 cm³/mol. The van der Waals surface area contributed by atoms with Crippen molar-refractivity contribution in [1.29, 1.82) is 5.26 Å². The third kappa shape index (κ3) is 3.07. The summed E-state index contributed by atoms with van der Waals surface area (Å²) in [7, 11) is 0. The molecule has 1 aliphatic rings. The molecule has 0 saturated carbocycles. The van der Waals surface area contributed by atoms with Crippen LogP contribution in [0.25, 0.3) is 0 Å². The summed E-state index contributed by atoms with van der Waals surface area (Å²) in [5, 5.41) is 19.0. The van der Waals surface area contributed by atoms with Crippen LogP contribution in [0, 0.1) is 22.7 Å². The van der Waals surface area contributed by atoms with Gasteiger partial charge in [0.2, 0.25) is 0 Å². The minimum Gasteiger partial charge on any atom is -0.396 e. The van der Waals surface area contributed by atoms with Gasteiger partial charge in [-0.1, -0.05) is 13.8 Å². The third-order valence-corrected chi connectivity index (χ3v) is 3.92. The average molecular weight is 274 g/mol. The monoisotopic (exact) mass is 274 g/mol. The van der Waals surface area contributed by atoms with E-state index in [1.54, 1.807) is 12.4 Å². The number of nitriles is 1. The Kier molecular flexibility index (Phi) is 4.56. The molecule has 0 aliphatic carbocycles. The predicted octanol–water partition coefficient (Wildman–Crippen LogP) is 1.97. The maximum absolute atomic E-state index is 9.85. The van der Waals surface area contributed by atoms with Gasteiger partial charge in [0.1, 0.15) is 6.07 Å². The first-order valence-corrected chi connectivity index (χ1v) is 7.17. The molecular formula is C15H22N4O. The van der Waals surface area contributed by atoms with E-state index in [0.29, 0.717) is 17.4 Å². The Balaban J connectivity index is 2.24. The van der Waals surface area contributed by atoms with Crippen molar-refractivity contribution in [2.75, 3.05) is 24.6 Å². The molecule has 1 aromatic heterocycles. The number of hydrogen-bond acceptors (Lipinski definition) is 5. The summed E-state index contributed by atoms with van der Waals surface area (Å²) in [4.78, 5) is 10.5. The van der Waals surface area contributed by atoms with Gasteiger partial charge < -0.3 is 10.0 Å². The van der Waals surface area contributed by atoms with Crippen molar-refractivity contribution in [3.8, 4) is 6.07 Å². The van der Waals surface area contributed by atoms with Gasteiger partial charge in [-0.3, -0.25) is 0 Å². The maximum atomic E-state index is 9.85. The van der Waals surface area contributed by atoms with Gasteiger partial charge in [-0.15, -0.1) is 0 Å². The largest absolute Gasteiger partial charge is 0.396 e. The normalized spacial score (nSPS) is 22.9. The summed E-state index contributed by atoms with van der Waals surface area (Å²) in [6.07, 6.45) is 6.18. The fraction of sp³-hybridized carbons (Fsp3) is 0.667. The summed E-state index contributed by atoms with van der Waals surface area (Å²) in [6, 6.07) is 2.10. The molecule has 108 valence electrons. The molecule has 1 aliphatic heterocycles. The fourth-order valence-electron chi connectivity index (χ4n) is 3.26. The van der Waals surface area contributed by atoms with Gasteiger partial charge in [0.15, 0.2) is 11.5 Å². The molecule has 0 radical (unpaired) electrons. The Morgan fingerprint density at radius 3 is 2.85 bits per heavy atom. The van der Waals surface area contributed by atoms with Gasteiger partial charge in [-0.25, -0.2) is 9.97 Å². The van der Waals surface area contributed by atoms with E-state index >= 15 is 0 Å². The van der Waals surface area contributed by atoms with E-state index in [1.165, 1.54) is 0 Å². The molecule has 1 N–H and O–H groups in total. The van der Waals surface area contributed by atoms with Crippen LogP contribution in [0.5, 0.6) is 0 Å². The van der Waals surface area contributed by atoms with Crippen LogP contribution in [-0.4, -0.2) is 34.8 Å². The molecule has 0 spiro atoms. The molecule has 1 saturated heterocycles. The minimum atomic E-state index is -0.0866. The number of anilines is 1. The molecule has 0 aromatic carbocycles. The van der Waals surface area contributed by atoms with Gasteiger partial charge in [0, 0.05) is 30.9 Å². The highest BCUT2D eigenvalue weighted by molar-refractivity contribution is 5.50. The Morgan fingerprint density at radius 2 is 2.20 bits per heavy atom. The highest BCUT2D eigenvalue weighted by atomic mass is 16.3. The van der Waals surface area contributed by atoms with Gasteiger partial charge in [-0.2, -0.15) is 5.26 Å². The summed E-state index contributed by atoms with van der Waals surface area (Å²) in [5.41, 5.74) is 0.280. The summed E-state index contributed by atoms with van der Waals surface area (Å²) < 4.78 is 0. The molecular weight excluding hydrogens is 252 g/mol. The lowest BCUT2D eigenvalue weighted by molar-refractivity contribution is 0.0830. The second-order valence-corrected chi connectivity index (χ2v) is 6.12. The second-order valence-electron chi connectivity index (χ2n) is 6.12. The van der Waals surface area contributed by atoms with Gasteiger partial charge in [0.25, 0.3) is 0 Å². The van der Waals surface area contributed by atoms with Crippen molar-refractivity contribution in [2.24, 2.45) is 11.3 Å². The Morgan fingerprint density at radius 1 is 1.45 bits per heavy atom. The first kappa shape index (κ1) is 14.7. The quantitative estimate of drug-likeness (QED) is 0.908. The molecule has 5 heteroatoms. The van der Waals surface area contributed by atoms with E-state index in [2.05, 4.69) is 34.8 Å². The van der Waals surface area contributed by atoms with E-state index < -0.39 is 0 Å². The molecule has 1 aromatic rings. The number of aromatic nitrogens is 2. The maximum Gasteiger partial charge on any atom is 0.183 e. The number of nitrogens with zero attached hydrogens (tertiary/aromatic N) is 4. The highest BCUT2D eigenvalue weighted by Gasteiger charge is 2.36. The smallest absolute Gasteiger partial charge is 0.183 e. The number of rotatable bonds is 4. The number of hydrogen-bond donors (Lipinski definition) is 1. The van der Waals surface area contributed by atoms with E-state index in [1.807, 2.05) is 0 Å². The Hall–Kier alpha value is -1.67. The zero-order chi connectivity index (χ0) is 14.6. The number of aliphatic hydroxyl groups is 1. The molecule has 0 unspecified atom stereocenters. The Bertz CT molecular complexity index is 497. The van der Waals surface area contributed by atoms with Crippen molar-refractivity contribution >= 4 is 5.82 Å². The third-order valence-electron chi connectivity index (χ3n) is 3.92.